The number of terminal acetylenes is 1. The van der Waals surface area contributed by atoms with Crippen molar-refractivity contribution in [3.63, 3.8) is 0 Å². The molecule has 96 valence electrons. The van der Waals surface area contributed by atoms with Crippen LogP contribution in [-0.2, 0) is 9.47 Å². The first-order valence-corrected chi connectivity index (χ1v) is 6.31. The molecular formula is C15H18O3. The van der Waals surface area contributed by atoms with Crippen LogP contribution in [0.15, 0.2) is 24.3 Å². The maximum Gasteiger partial charge on any atom is 0.157 e. The highest BCUT2D eigenvalue weighted by Gasteiger charge is 2.13. The van der Waals surface area contributed by atoms with Gasteiger partial charge in [-0.25, -0.2) is 0 Å². The number of hydrogen-bond donors (Lipinski definition) is 0. The van der Waals surface area contributed by atoms with Crippen LogP contribution < -0.4 is 4.74 Å². The van der Waals surface area contributed by atoms with Crippen molar-refractivity contribution in [1.82, 2.24) is 0 Å². The molecule has 1 heterocycles. The van der Waals surface area contributed by atoms with E-state index in [0.717, 1.165) is 30.8 Å². The van der Waals surface area contributed by atoms with Crippen LogP contribution >= 0.6 is 0 Å². The third-order valence-corrected chi connectivity index (χ3v) is 2.81. The van der Waals surface area contributed by atoms with Crippen molar-refractivity contribution in [3.8, 4) is 18.1 Å². The van der Waals surface area contributed by atoms with Crippen LogP contribution in [0.5, 0.6) is 5.75 Å². The van der Waals surface area contributed by atoms with Crippen LogP contribution in [0, 0.1) is 12.3 Å². The molecule has 3 nitrogen and oxygen atoms in total. The fourth-order valence-corrected chi connectivity index (χ4v) is 1.83. The van der Waals surface area contributed by atoms with Gasteiger partial charge in [-0.2, -0.15) is 0 Å². The quantitative estimate of drug-likeness (QED) is 0.590. The molecule has 0 radical (unpaired) electrons. The van der Waals surface area contributed by atoms with Crippen LogP contribution in [0.4, 0.5) is 0 Å². The van der Waals surface area contributed by atoms with E-state index in [4.69, 9.17) is 20.6 Å². The minimum Gasteiger partial charge on any atom is -0.491 e. The first-order valence-electron chi connectivity index (χ1n) is 6.31. The Labute approximate surface area is 108 Å². The summed E-state index contributed by atoms with van der Waals surface area (Å²) in [6.07, 6.45) is 8.53. The average Bonchev–Trinajstić information content (AvgIpc) is 2.45. The van der Waals surface area contributed by atoms with Crippen LogP contribution in [-0.4, -0.2) is 26.1 Å². The highest BCUT2D eigenvalue weighted by Crippen LogP contribution is 2.14. The highest BCUT2D eigenvalue weighted by atomic mass is 16.7. The molecule has 1 unspecified atom stereocenters. The largest absolute Gasteiger partial charge is 0.491 e. The van der Waals surface area contributed by atoms with Gasteiger partial charge < -0.3 is 14.2 Å². The minimum atomic E-state index is -0.0498. The Morgan fingerprint density at radius 2 is 2.06 bits per heavy atom. The van der Waals surface area contributed by atoms with Gasteiger partial charge in [-0.05, 0) is 43.5 Å². The highest BCUT2D eigenvalue weighted by molar-refractivity contribution is 5.36. The fraction of sp³-hybridized carbons (Fsp3) is 0.467. The van der Waals surface area contributed by atoms with Crippen molar-refractivity contribution in [2.45, 2.75) is 25.6 Å². The summed E-state index contributed by atoms with van der Waals surface area (Å²) < 4.78 is 16.6. The Hall–Kier alpha value is -1.50. The summed E-state index contributed by atoms with van der Waals surface area (Å²) in [7, 11) is 0. The summed E-state index contributed by atoms with van der Waals surface area (Å²) >= 11 is 0. The zero-order valence-corrected chi connectivity index (χ0v) is 10.4. The smallest absolute Gasteiger partial charge is 0.157 e. The van der Waals surface area contributed by atoms with E-state index in [2.05, 4.69) is 5.92 Å². The van der Waals surface area contributed by atoms with Crippen LogP contribution in [0.2, 0.25) is 0 Å². The van der Waals surface area contributed by atoms with Crippen LogP contribution in [0.1, 0.15) is 24.8 Å². The lowest BCUT2D eigenvalue weighted by Gasteiger charge is -2.22. The topological polar surface area (TPSA) is 27.7 Å². The maximum absolute atomic E-state index is 5.57. The van der Waals surface area contributed by atoms with Crippen molar-refractivity contribution in [1.29, 1.82) is 0 Å². The van der Waals surface area contributed by atoms with E-state index in [-0.39, 0.29) is 6.29 Å². The Bertz CT molecular complexity index is 385. The molecule has 0 spiro atoms. The van der Waals surface area contributed by atoms with Gasteiger partial charge in [0.05, 0.1) is 6.61 Å². The lowest BCUT2D eigenvalue weighted by molar-refractivity contribution is -0.165. The predicted octanol–water partition coefficient (Wildman–Crippen LogP) is 2.59. The van der Waals surface area contributed by atoms with Gasteiger partial charge in [-0.1, -0.05) is 5.92 Å². The molecule has 1 aromatic carbocycles. The Morgan fingerprint density at radius 3 is 2.72 bits per heavy atom. The Morgan fingerprint density at radius 1 is 1.22 bits per heavy atom. The standard InChI is InChI=1S/C15H18O3/c1-2-13-6-8-14(9-7-13)16-11-12-18-15-5-3-4-10-17-15/h1,6-9,15H,3-5,10-12H2. The monoisotopic (exact) mass is 246 g/mol. The van der Waals surface area contributed by atoms with E-state index in [1.807, 2.05) is 24.3 Å². The summed E-state index contributed by atoms with van der Waals surface area (Å²) in [6.45, 7) is 1.87. The fourth-order valence-electron chi connectivity index (χ4n) is 1.83. The second-order valence-electron chi connectivity index (χ2n) is 4.18. The first-order chi connectivity index (χ1) is 8.88. The van der Waals surface area contributed by atoms with E-state index >= 15 is 0 Å². The van der Waals surface area contributed by atoms with Gasteiger partial charge in [0.1, 0.15) is 12.4 Å². The Balaban J connectivity index is 1.63. The molecule has 1 fully saturated rings. The SMILES string of the molecule is C#Cc1ccc(OCCOC2CCCCO2)cc1. The molecule has 1 saturated heterocycles. The van der Waals surface area contributed by atoms with Gasteiger partial charge in [0.2, 0.25) is 0 Å². The first kappa shape index (κ1) is 12.9. The van der Waals surface area contributed by atoms with E-state index < -0.39 is 0 Å². The molecule has 1 aromatic rings. The third kappa shape index (κ3) is 4.06. The molecule has 3 heteroatoms. The molecule has 0 amide bonds. The van der Waals surface area contributed by atoms with Crippen molar-refractivity contribution in [2.75, 3.05) is 19.8 Å². The van der Waals surface area contributed by atoms with Gasteiger partial charge in [0.25, 0.3) is 0 Å². The van der Waals surface area contributed by atoms with E-state index in [0.29, 0.717) is 13.2 Å². The van der Waals surface area contributed by atoms with E-state index in [9.17, 15) is 0 Å². The predicted molar refractivity (Wildman–Crippen MR) is 69.4 cm³/mol. The van der Waals surface area contributed by atoms with Gasteiger partial charge >= 0.3 is 0 Å². The molecule has 2 rings (SSSR count). The van der Waals surface area contributed by atoms with Crippen molar-refractivity contribution in [3.05, 3.63) is 29.8 Å². The van der Waals surface area contributed by atoms with Gasteiger partial charge in [-0.3, -0.25) is 0 Å². The molecule has 0 saturated carbocycles. The number of benzene rings is 1. The van der Waals surface area contributed by atoms with Crippen molar-refractivity contribution in [2.24, 2.45) is 0 Å². The lowest BCUT2D eigenvalue weighted by Crippen LogP contribution is -2.24. The number of rotatable bonds is 5. The molecule has 0 N–H and O–H groups in total. The van der Waals surface area contributed by atoms with Gasteiger partial charge in [0, 0.05) is 12.2 Å². The summed E-state index contributed by atoms with van der Waals surface area (Å²) in [6, 6.07) is 7.46. The van der Waals surface area contributed by atoms with E-state index in [1.165, 1.54) is 6.42 Å². The van der Waals surface area contributed by atoms with Crippen molar-refractivity contribution >= 4 is 0 Å². The molecular weight excluding hydrogens is 228 g/mol. The maximum atomic E-state index is 5.57. The summed E-state index contributed by atoms with van der Waals surface area (Å²) in [5, 5.41) is 0. The average molecular weight is 246 g/mol. The molecule has 1 aliphatic heterocycles. The lowest BCUT2D eigenvalue weighted by atomic mass is 10.2. The van der Waals surface area contributed by atoms with Crippen LogP contribution in [0.3, 0.4) is 0 Å². The molecule has 0 aliphatic carbocycles. The zero-order valence-electron chi connectivity index (χ0n) is 10.4. The molecule has 0 aromatic heterocycles. The Kier molecular flexibility index (Phi) is 5.07. The molecule has 1 atom stereocenters. The number of ether oxygens (including phenoxy) is 3. The van der Waals surface area contributed by atoms with Gasteiger partial charge in [0.15, 0.2) is 6.29 Å². The van der Waals surface area contributed by atoms with Crippen LogP contribution in [0.25, 0.3) is 0 Å². The summed E-state index contributed by atoms with van der Waals surface area (Å²) in [5.74, 6) is 3.38. The molecule has 18 heavy (non-hydrogen) atoms. The summed E-state index contributed by atoms with van der Waals surface area (Å²) in [5.41, 5.74) is 0.856. The van der Waals surface area contributed by atoms with Gasteiger partial charge in [-0.15, -0.1) is 6.42 Å². The second kappa shape index (κ2) is 7.05. The molecule has 1 aliphatic rings. The number of hydrogen-bond acceptors (Lipinski definition) is 3. The van der Waals surface area contributed by atoms with E-state index in [1.54, 1.807) is 0 Å². The second-order valence-corrected chi connectivity index (χ2v) is 4.18. The summed E-state index contributed by atoms with van der Waals surface area (Å²) in [4.78, 5) is 0. The zero-order chi connectivity index (χ0) is 12.6. The molecule has 0 bridgehead atoms. The minimum absolute atomic E-state index is 0.0498. The third-order valence-electron chi connectivity index (χ3n) is 2.81. The normalized spacial score (nSPS) is 19.2. The van der Waals surface area contributed by atoms with Crippen molar-refractivity contribution < 1.29 is 14.2 Å².